The zero-order chi connectivity index (χ0) is 14.6. The molecule has 0 aliphatic carbocycles. The van der Waals surface area contributed by atoms with Gasteiger partial charge in [-0.05, 0) is 54.9 Å². The molecule has 0 aliphatic rings. The summed E-state index contributed by atoms with van der Waals surface area (Å²) in [6.07, 6.45) is 0. The van der Waals surface area contributed by atoms with Crippen molar-refractivity contribution in [2.24, 2.45) is 5.41 Å². The maximum Gasteiger partial charge on any atom is 0.328 e. The molecular weight excluding hydrogens is 319 g/mol. The zero-order valence-corrected chi connectivity index (χ0v) is 12.4. The van der Waals surface area contributed by atoms with Crippen molar-refractivity contribution < 1.29 is 23.5 Å². The Labute approximate surface area is 119 Å². The predicted molar refractivity (Wildman–Crippen MR) is 70.1 cm³/mol. The van der Waals surface area contributed by atoms with Gasteiger partial charge in [0, 0.05) is 0 Å². The first-order chi connectivity index (χ1) is 8.78. The average molecular weight is 333 g/mol. The van der Waals surface area contributed by atoms with Crippen LogP contribution < -0.4 is 4.74 Å². The summed E-state index contributed by atoms with van der Waals surface area (Å²) in [6.45, 7) is 4.64. The minimum absolute atomic E-state index is 0.142. The van der Waals surface area contributed by atoms with E-state index in [4.69, 9.17) is 9.47 Å². The quantitative estimate of drug-likeness (QED) is 0.483. The van der Waals surface area contributed by atoms with Crippen molar-refractivity contribution in [3.05, 3.63) is 28.5 Å². The Hall–Kier alpha value is -1.43. The average Bonchev–Trinajstić information content (AvgIpc) is 2.32. The fourth-order valence-electron chi connectivity index (χ4n) is 1.18. The molecule has 1 aromatic carbocycles. The molecule has 0 bridgehead atoms. The lowest BCUT2D eigenvalue weighted by atomic mass is 9.94. The second-order valence-electron chi connectivity index (χ2n) is 4.31. The number of benzene rings is 1. The number of esters is 2. The van der Waals surface area contributed by atoms with Gasteiger partial charge in [-0.1, -0.05) is 0 Å². The highest BCUT2D eigenvalue weighted by Gasteiger charge is 2.39. The number of carbonyl (C=O) groups excluding carboxylic acids is 2. The van der Waals surface area contributed by atoms with Gasteiger partial charge >= 0.3 is 11.9 Å². The first-order valence-corrected chi connectivity index (χ1v) is 6.43. The van der Waals surface area contributed by atoms with E-state index in [1.165, 1.54) is 26.0 Å². The molecule has 0 aromatic heterocycles. The van der Waals surface area contributed by atoms with Crippen molar-refractivity contribution in [2.75, 3.05) is 6.61 Å². The van der Waals surface area contributed by atoms with Crippen LogP contribution in [0.5, 0.6) is 5.75 Å². The SMILES string of the molecule is CCOC(=O)C(C)(C)C(=O)Oc1ccc(F)cc1Br. The molecule has 0 atom stereocenters. The molecule has 104 valence electrons. The van der Waals surface area contributed by atoms with Crippen LogP contribution in [0.15, 0.2) is 22.7 Å². The van der Waals surface area contributed by atoms with Crippen LogP contribution in [0.1, 0.15) is 20.8 Å². The molecule has 0 heterocycles. The van der Waals surface area contributed by atoms with Crippen LogP contribution in [0.2, 0.25) is 0 Å². The number of rotatable bonds is 4. The van der Waals surface area contributed by atoms with E-state index in [1.54, 1.807) is 6.92 Å². The summed E-state index contributed by atoms with van der Waals surface area (Å²) in [5.41, 5.74) is -1.43. The Morgan fingerprint density at radius 1 is 1.32 bits per heavy atom. The number of ether oxygens (including phenoxy) is 2. The summed E-state index contributed by atoms with van der Waals surface area (Å²) < 4.78 is 23.1. The molecule has 0 aliphatic heterocycles. The van der Waals surface area contributed by atoms with Gasteiger partial charge in [0.1, 0.15) is 11.6 Å². The second-order valence-corrected chi connectivity index (χ2v) is 5.16. The predicted octanol–water partition coefficient (Wildman–Crippen LogP) is 3.08. The third-order valence-electron chi connectivity index (χ3n) is 2.39. The highest BCUT2D eigenvalue weighted by atomic mass is 79.9. The van der Waals surface area contributed by atoms with Crippen molar-refractivity contribution in [3.8, 4) is 5.75 Å². The third kappa shape index (κ3) is 3.76. The van der Waals surface area contributed by atoms with Crippen molar-refractivity contribution in [2.45, 2.75) is 20.8 Å². The molecule has 1 rings (SSSR count). The van der Waals surface area contributed by atoms with Crippen LogP contribution in [0, 0.1) is 11.2 Å². The van der Waals surface area contributed by atoms with Gasteiger partial charge in [0.25, 0.3) is 0 Å². The van der Waals surface area contributed by atoms with Crippen molar-refractivity contribution in [1.82, 2.24) is 0 Å². The van der Waals surface area contributed by atoms with Crippen LogP contribution in [-0.2, 0) is 14.3 Å². The first-order valence-electron chi connectivity index (χ1n) is 5.63. The molecule has 6 heteroatoms. The van der Waals surface area contributed by atoms with Gasteiger partial charge < -0.3 is 9.47 Å². The summed E-state index contributed by atoms with van der Waals surface area (Å²) >= 11 is 3.08. The maximum absolute atomic E-state index is 12.9. The van der Waals surface area contributed by atoms with E-state index in [1.807, 2.05) is 0 Å². The van der Waals surface area contributed by atoms with Gasteiger partial charge in [-0.3, -0.25) is 9.59 Å². The molecule has 1 aromatic rings. The van der Waals surface area contributed by atoms with Gasteiger partial charge in [-0.15, -0.1) is 0 Å². The van der Waals surface area contributed by atoms with Gasteiger partial charge in [0.2, 0.25) is 0 Å². The standard InChI is InChI=1S/C13H14BrFO4/c1-4-18-11(16)13(2,3)12(17)19-10-6-5-8(15)7-9(10)14/h5-7H,4H2,1-3H3. The highest BCUT2D eigenvalue weighted by molar-refractivity contribution is 9.10. The van der Waals surface area contributed by atoms with Gasteiger partial charge in [-0.2, -0.15) is 0 Å². The normalized spacial score (nSPS) is 11.0. The topological polar surface area (TPSA) is 52.6 Å². The van der Waals surface area contributed by atoms with E-state index in [9.17, 15) is 14.0 Å². The smallest absolute Gasteiger partial charge is 0.328 e. The fourth-order valence-corrected chi connectivity index (χ4v) is 1.61. The zero-order valence-electron chi connectivity index (χ0n) is 10.8. The fraction of sp³-hybridized carbons (Fsp3) is 0.385. The molecule has 19 heavy (non-hydrogen) atoms. The number of carbonyl (C=O) groups is 2. The van der Waals surface area contributed by atoms with E-state index in [-0.39, 0.29) is 12.4 Å². The van der Waals surface area contributed by atoms with E-state index in [2.05, 4.69) is 15.9 Å². The second kappa shape index (κ2) is 6.14. The molecule has 0 saturated heterocycles. The van der Waals surface area contributed by atoms with Gasteiger partial charge in [0.05, 0.1) is 11.1 Å². The molecule has 4 nitrogen and oxygen atoms in total. The van der Waals surface area contributed by atoms with E-state index in [0.29, 0.717) is 4.47 Å². The summed E-state index contributed by atoms with van der Waals surface area (Å²) in [4.78, 5) is 23.6. The van der Waals surface area contributed by atoms with Crippen molar-refractivity contribution in [1.29, 1.82) is 0 Å². The molecule has 0 unspecified atom stereocenters. The van der Waals surface area contributed by atoms with E-state index in [0.717, 1.165) is 6.07 Å². The lowest BCUT2D eigenvalue weighted by Crippen LogP contribution is -2.38. The summed E-state index contributed by atoms with van der Waals surface area (Å²) in [7, 11) is 0. The Bertz CT molecular complexity index is 499. The van der Waals surface area contributed by atoms with Crippen LogP contribution in [0.3, 0.4) is 0 Å². The molecule has 0 saturated carbocycles. The molecule has 0 spiro atoms. The summed E-state index contributed by atoms with van der Waals surface area (Å²) in [6, 6.07) is 3.63. The largest absolute Gasteiger partial charge is 0.465 e. The number of halogens is 2. The third-order valence-corrected chi connectivity index (χ3v) is 3.01. The van der Waals surface area contributed by atoms with Crippen LogP contribution >= 0.6 is 15.9 Å². The molecular formula is C13H14BrFO4. The Kier molecular flexibility index (Phi) is 5.05. The minimum Gasteiger partial charge on any atom is -0.465 e. The summed E-state index contributed by atoms with van der Waals surface area (Å²) in [5.74, 6) is -1.75. The van der Waals surface area contributed by atoms with Crippen LogP contribution in [-0.4, -0.2) is 18.5 Å². The molecule has 0 fully saturated rings. The molecule has 0 amide bonds. The lowest BCUT2D eigenvalue weighted by Gasteiger charge is -2.20. The van der Waals surface area contributed by atoms with Crippen molar-refractivity contribution >= 4 is 27.9 Å². The van der Waals surface area contributed by atoms with Crippen LogP contribution in [0.4, 0.5) is 4.39 Å². The first kappa shape index (κ1) is 15.6. The maximum atomic E-state index is 12.9. The van der Waals surface area contributed by atoms with E-state index >= 15 is 0 Å². The van der Waals surface area contributed by atoms with E-state index < -0.39 is 23.2 Å². The minimum atomic E-state index is -1.43. The lowest BCUT2D eigenvalue weighted by molar-refractivity contribution is -0.164. The molecule has 0 radical (unpaired) electrons. The monoisotopic (exact) mass is 332 g/mol. The number of hydrogen-bond donors (Lipinski definition) is 0. The Balaban J connectivity index is 2.87. The van der Waals surface area contributed by atoms with Crippen LogP contribution in [0.25, 0.3) is 0 Å². The molecule has 0 N–H and O–H groups in total. The van der Waals surface area contributed by atoms with Crippen molar-refractivity contribution in [3.63, 3.8) is 0 Å². The number of hydrogen-bond acceptors (Lipinski definition) is 4. The Morgan fingerprint density at radius 2 is 1.95 bits per heavy atom. The highest BCUT2D eigenvalue weighted by Crippen LogP contribution is 2.28. The summed E-state index contributed by atoms with van der Waals surface area (Å²) in [5, 5.41) is 0. The van der Waals surface area contributed by atoms with Gasteiger partial charge in [0.15, 0.2) is 5.41 Å². The van der Waals surface area contributed by atoms with Gasteiger partial charge in [-0.25, -0.2) is 4.39 Å². The Morgan fingerprint density at radius 3 is 2.47 bits per heavy atom.